The van der Waals surface area contributed by atoms with Gasteiger partial charge in [0.1, 0.15) is 5.75 Å². The predicted molar refractivity (Wildman–Crippen MR) is 106 cm³/mol. The first-order chi connectivity index (χ1) is 12.5. The van der Waals surface area contributed by atoms with Gasteiger partial charge in [0.25, 0.3) is 5.91 Å². The summed E-state index contributed by atoms with van der Waals surface area (Å²) in [5.74, 6) is 0.912. The number of nitrogens with one attached hydrogen (secondary N) is 2. The molecule has 2 aromatic rings. The van der Waals surface area contributed by atoms with E-state index in [1.54, 1.807) is 13.2 Å². The summed E-state index contributed by atoms with van der Waals surface area (Å²) < 4.78 is 5.21. The molecule has 1 fully saturated rings. The van der Waals surface area contributed by atoms with Gasteiger partial charge < -0.3 is 19.9 Å². The van der Waals surface area contributed by atoms with Crippen molar-refractivity contribution < 1.29 is 14.4 Å². The van der Waals surface area contributed by atoms with Gasteiger partial charge in [-0.3, -0.25) is 4.79 Å². The highest BCUT2D eigenvalue weighted by molar-refractivity contribution is 6.30. The SMILES string of the molecule is COc1ccc(N2CC[NH+](CC(=O)Nc3ccc(Cl)cc3C)CC2)cc1. The lowest BCUT2D eigenvalue weighted by Gasteiger charge is -2.33. The average molecular weight is 375 g/mol. The standard InChI is InChI=1S/C20H24ClN3O2/c1-15-13-16(21)3-8-19(15)22-20(25)14-23-9-11-24(12-10-23)17-4-6-18(26-2)7-5-17/h3-8,13H,9-12,14H2,1-2H3,(H,22,25)/p+1. The molecule has 0 spiro atoms. The molecule has 1 aliphatic rings. The number of carbonyl (C=O) groups excluding carboxylic acids is 1. The third kappa shape index (κ3) is 4.68. The summed E-state index contributed by atoms with van der Waals surface area (Å²) in [6.45, 7) is 6.20. The number of anilines is 2. The smallest absolute Gasteiger partial charge is 0.279 e. The molecule has 5 nitrogen and oxygen atoms in total. The molecule has 2 N–H and O–H groups in total. The molecule has 0 unspecified atom stereocenters. The Hall–Kier alpha value is -2.24. The summed E-state index contributed by atoms with van der Waals surface area (Å²) in [7, 11) is 1.67. The maximum atomic E-state index is 12.3. The van der Waals surface area contributed by atoms with Gasteiger partial charge in [0.05, 0.1) is 33.3 Å². The second-order valence-corrected chi connectivity index (χ2v) is 7.06. The van der Waals surface area contributed by atoms with Crippen LogP contribution in [0, 0.1) is 6.92 Å². The fourth-order valence-electron chi connectivity index (χ4n) is 3.24. The zero-order valence-electron chi connectivity index (χ0n) is 15.2. The summed E-state index contributed by atoms with van der Waals surface area (Å²) >= 11 is 5.96. The molecule has 26 heavy (non-hydrogen) atoms. The van der Waals surface area contributed by atoms with Crippen molar-refractivity contribution in [2.75, 3.05) is 50.1 Å². The van der Waals surface area contributed by atoms with Crippen LogP contribution in [0.3, 0.4) is 0 Å². The molecule has 0 atom stereocenters. The lowest BCUT2D eigenvalue weighted by Crippen LogP contribution is -3.15. The van der Waals surface area contributed by atoms with Crippen molar-refractivity contribution in [2.45, 2.75) is 6.92 Å². The van der Waals surface area contributed by atoms with Crippen molar-refractivity contribution in [3.05, 3.63) is 53.1 Å². The molecular formula is C20H25ClN3O2+. The lowest BCUT2D eigenvalue weighted by molar-refractivity contribution is -0.892. The lowest BCUT2D eigenvalue weighted by atomic mass is 10.2. The number of methoxy groups -OCH3 is 1. The van der Waals surface area contributed by atoms with E-state index in [0.717, 1.165) is 43.2 Å². The quantitative estimate of drug-likeness (QED) is 0.841. The highest BCUT2D eigenvalue weighted by Gasteiger charge is 2.22. The van der Waals surface area contributed by atoms with Crippen molar-refractivity contribution in [3.8, 4) is 5.75 Å². The van der Waals surface area contributed by atoms with Crippen molar-refractivity contribution in [3.63, 3.8) is 0 Å². The fourth-order valence-corrected chi connectivity index (χ4v) is 3.47. The molecule has 3 rings (SSSR count). The summed E-state index contributed by atoms with van der Waals surface area (Å²) in [5, 5.41) is 3.68. The van der Waals surface area contributed by atoms with Crippen molar-refractivity contribution >= 4 is 28.9 Å². The molecule has 2 aromatic carbocycles. The van der Waals surface area contributed by atoms with Crippen LogP contribution in [0.5, 0.6) is 5.75 Å². The van der Waals surface area contributed by atoms with Crippen molar-refractivity contribution in [2.24, 2.45) is 0 Å². The molecule has 0 radical (unpaired) electrons. The molecular weight excluding hydrogens is 350 g/mol. The Morgan fingerprint density at radius 1 is 1.19 bits per heavy atom. The molecule has 138 valence electrons. The third-order valence-corrected chi connectivity index (χ3v) is 5.02. The monoisotopic (exact) mass is 374 g/mol. The molecule has 1 heterocycles. The first-order valence-electron chi connectivity index (χ1n) is 8.84. The van der Waals surface area contributed by atoms with Gasteiger partial charge in [0, 0.05) is 16.4 Å². The minimum absolute atomic E-state index is 0.0447. The van der Waals surface area contributed by atoms with Crippen molar-refractivity contribution in [1.82, 2.24) is 0 Å². The summed E-state index contributed by atoms with van der Waals surface area (Å²) in [6.07, 6.45) is 0. The second-order valence-electron chi connectivity index (χ2n) is 6.62. The van der Waals surface area contributed by atoms with E-state index in [4.69, 9.17) is 16.3 Å². The fraction of sp³-hybridized carbons (Fsp3) is 0.350. The Labute approximate surface area is 159 Å². The van der Waals surface area contributed by atoms with E-state index in [-0.39, 0.29) is 5.91 Å². The normalized spacial score (nSPS) is 15.0. The number of amides is 1. The average Bonchev–Trinajstić information content (AvgIpc) is 2.65. The Bertz CT molecular complexity index is 756. The van der Waals surface area contributed by atoms with E-state index in [1.165, 1.54) is 10.6 Å². The number of nitrogens with zero attached hydrogens (tertiary/aromatic N) is 1. The molecule has 0 bridgehead atoms. The zero-order valence-corrected chi connectivity index (χ0v) is 16.0. The number of hydrogen-bond acceptors (Lipinski definition) is 3. The van der Waals surface area contributed by atoms with Crippen LogP contribution in [0.1, 0.15) is 5.56 Å². The number of hydrogen-bond donors (Lipinski definition) is 2. The van der Waals surface area contributed by atoms with Crippen molar-refractivity contribution in [1.29, 1.82) is 0 Å². The number of quaternary nitrogens is 1. The predicted octanol–water partition coefficient (Wildman–Crippen LogP) is 2.00. The first-order valence-corrected chi connectivity index (χ1v) is 9.21. The van der Waals surface area contributed by atoms with Gasteiger partial charge >= 0.3 is 0 Å². The van der Waals surface area contributed by atoms with Gasteiger partial charge in [0.2, 0.25) is 0 Å². The third-order valence-electron chi connectivity index (χ3n) is 4.78. The van der Waals surface area contributed by atoms with Crippen LogP contribution in [-0.2, 0) is 4.79 Å². The number of ether oxygens (including phenoxy) is 1. The highest BCUT2D eigenvalue weighted by Crippen LogP contribution is 2.20. The molecule has 0 aromatic heterocycles. The van der Waals surface area contributed by atoms with Gasteiger partial charge in [0.15, 0.2) is 6.54 Å². The second kappa shape index (κ2) is 8.43. The number of piperazine rings is 1. The van der Waals surface area contributed by atoms with Gasteiger partial charge in [-0.25, -0.2) is 0 Å². The van der Waals surface area contributed by atoms with Crippen LogP contribution >= 0.6 is 11.6 Å². The summed E-state index contributed by atoms with van der Waals surface area (Å²) in [6, 6.07) is 13.6. The summed E-state index contributed by atoms with van der Waals surface area (Å²) in [4.78, 5) is 16.0. The summed E-state index contributed by atoms with van der Waals surface area (Å²) in [5.41, 5.74) is 3.01. The van der Waals surface area contributed by atoms with Crippen LogP contribution in [0.4, 0.5) is 11.4 Å². The number of aryl methyl sites for hydroxylation is 1. The van der Waals surface area contributed by atoms with E-state index in [2.05, 4.69) is 22.3 Å². The molecule has 1 saturated heterocycles. The van der Waals surface area contributed by atoms with E-state index in [0.29, 0.717) is 11.6 Å². The van der Waals surface area contributed by atoms with E-state index >= 15 is 0 Å². The number of halogens is 1. The largest absolute Gasteiger partial charge is 0.497 e. The number of rotatable bonds is 5. The number of carbonyl (C=O) groups is 1. The van der Waals surface area contributed by atoms with Gasteiger partial charge in [-0.1, -0.05) is 11.6 Å². The number of benzene rings is 2. The van der Waals surface area contributed by atoms with E-state index < -0.39 is 0 Å². The highest BCUT2D eigenvalue weighted by atomic mass is 35.5. The van der Waals surface area contributed by atoms with E-state index in [9.17, 15) is 4.79 Å². The molecule has 1 amide bonds. The molecule has 1 aliphatic heterocycles. The minimum atomic E-state index is 0.0447. The molecule has 6 heteroatoms. The van der Waals surface area contributed by atoms with Gasteiger partial charge in [-0.2, -0.15) is 0 Å². The Morgan fingerprint density at radius 2 is 1.88 bits per heavy atom. The Kier molecular flexibility index (Phi) is 6.01. The molecule has 0 saturated carbocycles. The van der Waals surface area contributed by atoms with Crippen LogP contribution in [0.25, 0.3) is 0 Å². The Balaban J connectivity index is 1.49. The minimum Gasteiger partial charge on any atom is -0.497 e. The van der Waals surface area contributed by atoms with E-state index in [1.807, 2.05) is 31.2 Å². The van der Waals surface area contributed by atoms with Crippen LogP contribution in [0.15, 0.2) is 42.5 Å². The topological polar surface area (TPSA) is 46.0 Å². The molecule has 0 aliphatic carbocycles. The van der Waals surface area contributed by atoms with Crippen LogP contribution < -0.4 is 19.9 Å². The van der Waals surface area contributed by atoms with Crippen LogP contribution in [0.2, 0.25) is 5.02 Å². The van der Waals surface area contributed by atoms with Gasteiger partial charge in [-0.05, 0) is 55.0 Å². The Morgan fingerprint density at radius 3 is 2.50 bits per heavy atom. The maximum Gasteiger partial charge on any atom is 0.279 e. The zero-order chi connectivity index (χ0) is 18.5. The van der Waals surface area contributed by atoms with Crippen LogP contribution in [-0.4, -0.2) is 45.7 Å². The van der Waals surface area contributed by atoms with Gasteiger partial charge in [-0.15, -0.1) is 0 Å². The maximum absolute atomic E-state index is 12.3. The first kappa shape index (κ1) is 18.5.